The summed E-state index contributed by atoms with van der Waals surface area (Å²) in [6.45, 7) is 10.9. The van der Waals surface area contributed by atoms with Crippen molar-refractivity contribution in [1.29, 1.82) is 0 Å². The normalized spacial score (nSPS) is 12.1. The molecule has 0 aliphatic rings. The van der Waals surface area contributed by atoms with Crippen LogP contribution >= 0.6 is 0 Å². The van der Waals surface area contributed by atoms with E-state index >= 15 is 0 Å². The fourth-order valence-electron chi connectivity index (χ4n) is 2.00. The standard InChI is InChI=1S/C7H11O2.2C6H10O3.Al/c1-4-9-7(8)5-6(2)3;2*1-3-9-6(8)4-5(2)7;/h5H,2,4H2,1,3H3;2*4,7H,3H2,1-2H3;/q;;;+2/p-2/b6-5+;2*5-4-;. The van der Waals surface area contributed by atoms with E-state index in [0.29, 0.717) is 22.4 Å². The fourth-order valence-corrected chi connectivity index (χ4v) is 3.82. The number of carbonyl (C=O) groups excluding carboxylic acids is 3. The van der Waals surface area contributed by atoms with Crippen molar-refractivity contribution in [1.82, 2.24) is 0 Å². The van der Waals surface area contributed by atoms with Crippen LogP contribution in [0.4, 0.5) is 0 Å². The summed E-state index contributed by atoms with van der Waals surface area (Å²) in [6, 6.07) is 0. The zero-order valence-electron chi connectivity index (χ0n) is 17.4. The molecular formula is C19H29AlO8. The number of rotatable bonds is 12. The minimum atomic E-state index is -2.47. The Bertz CT molecular complexity index is 536. The molecular weight excluding hydrogens is 383 g/mol. The largest absolute Gasteiger partial charge is 0.860 e. The van der Waals surface area contributed by atoms with E-state index in [0.717, 1.165) is 0 Å². The van der Waals surface area contributed by atoms with Crippen molar-refractivity contribution < 1.29 is 36.2 Å². The van der Waals surface area contributed by atoms with Crippen LogP contribution in [0, 0.1) is 0 Å². The summed E-state index contributed by atoms with van der Waals surface area (Å²) in [7, 11) is 0. The van der Waals surface area contributed by atoms with Crippen LogP contribution in [0.1, 0.15) is 41.5 Å². The minimum absolute atomic E-state index is 0.253. The number of ether oxygens (including phenoxy) is 3. The molecule has 0 amide bonds. The lowest BCUT2D eigenvalue weighted by atomic mass is 10.3. The Morgan fingerprint density at radius 2 is 1.04 bits per heavy atom. The third-order valence-electron chi connectivity index (χ3n) is 2.99. The second-order valence-electron chi connectivity index (χ2n) is 5.63. The lowest BCUT2D eigenvalue weighted by Gasteiger charge is -2.17. The van der Waals surface area contributed by atoms with Crippen LogP contribution in [0.2, 0.25) is 5.28 Å². The highest BCUT2D eigenvalue weighted by molar-refractivity contribution is 6.46. The van der Waals surface area contributed by atoms with Gasteiger partial charge in [-0.05, 0) is 41.5 Å². The van der Waals surface area contributed by atoms with Crippen molar-refractivity contribution in [2.75, 3.05) is 19.8 Å². The Labute approximate surface area is 171 Å². The van der Waals surface area contributed by atoms with E-state index < -0.39 is 32.7 Å². The summed E-state index contributed by atoms with van der Waals surface area (Å²) in [6.07, 6.45) is 3.81. The van der Waals surface area contributed by atoms with Gasteiger partial charge in [0, 0.05) is 11.4 Å². The average molecular weight is 412 g/mol. The van der Waals surface area contributed by atoms with Gasteiger partial charge in [0.15, 0.2) is 0 Å². The summed E-state index contributed by atoms with van der Waals surface area (Å²) in [5, 5.41) is 0.334. The van der Waals surface area contributed by atoms with E-state index in [2.05, 4.69) is 0 Å². The zero-order valence-corrected chi connectivity index (χ0v) is 18.6. The first kappa shape index (κ1) is 25.8. The molecule has 0 spiro atoms. The highest BCUT2D eigenvalue weighted by atomic mass is 27.2. The van der Waals surface area contributed by atoms with E-state index in [1.54, 1.807) is 41.5 Å². The molecule has 0 rings (SSSR count). The van der Waals surface area contributed by atoms with Gasteiger partial charge in [0.05, 0.1) is 43.5 Å². The number of hydrogen-bond donors (Lipinski definition) is 0. The summed E-state index contributed by atoms with van der Waals surface area (Å²) >= 11 is -2.47. The smallest absolute Gasteiger partial charge is 0.615 e. The Hall–Kier alpha value is -2.24. The van der Waals surface area contributed by atoms with Gasteiger partial charge >= 0.3 is 32.7 Å². The van der Waals surface area contributed by atoms with Gasteiger partial charge in [-0.1, -0.05) is 5.57 Å². The number of esters is 3. The molecule has 0 aromatic rings. The Kier molecular flexibility index (Phi) is 13.6. The molecule has 9 heteroatoms. The van der Waals surface area contributed by atoms with Crippen molar-refractivity contribution in [3.63, 3.8) is 0 Å². The van der Waals surface area contributed by atoms with Crippen LogP contribution in [-0.4, -0.2) is 52.5 Å². The van der Waals surface area contributed by atoms with Gasteiger partial charge in [0.25, 0.3) is 0 Å². The third kappa shape index (κ3) is 13.0. The van der Waals surface area contributed by atoms with Crippen LogP contribution in [-0.2, 0) is 36.2 Å². The maximum atomic E-state index is 11.6. The minimum Gasteiger partial charge on any atom is -0.615 e. The van der Waals surface area contributed by atoms with Gasteiger partial charge in [0.1, 0.15) is 0 Å². The molecule has 8 nitrogen and oxygen atoms in total. The molecule has 0 aromatic carbocycles. The Balaban J connectivity index is 5.27. The average Bonchev–Trinajstić information content (AvgIpc) is 2.54. The first-order valence-electron chi connectivity index (χ1n) is 9.09. The van der Waals surface area contributed by atoms with Gasteiger partial charge in [-0.2, -0.15) is 0 Å². The molecule has 0 atom stereocenters. The molecule has 28 heavy (non-hydrogen) atoms. The quantitative estimate of drug-likeness (QED) is 0.159. The van der Waals surface area contributed by atoms with Gasteiger partial charge in [-0.3, -0.25) is 0 Å². The summed E-state index contributed by atoms with van der Waals surface area (Å²) < 4.78 is 26.2. The molecule has 0 radical (unpaired) electrons. The monoisotopic (exact) mass is 412 g/mol. The maximum Gasteiger partial charge on any atom is 0.860 e. The fraction of sp³-hybridized carbons (Fsp3) is 0.526. The van der Waals surface area contributed by atoms with Crippen LogP contribution in [0.15, 0.2) is 35.3 Å². The number of carbonyl (C=O) groups is 3. The van der Waals surface area contributed by atoms with Crippen molar-refractivity contribution in [3.05, 3.63) is 35.3 Å². The lowest BCUT2D eigenvalue weighted by molar-refractivity contribution is -0.138. The van der Waals surface area contributed by atoms with E-state index in [-0.39, 0.29) is 19.8 Å². The summed E-state index contributed by atoms with van der Waals surface area (Å²) in [5.74, 6) is -0.855. The van der Waals surface area contributed by atoms with Gasteiger partial charge in [-0.25, -0.2) is 14.4 Å². The molecule has 0 aliphatic heterocycles. The van der Waals surface area contributed by atoms with E-state index in [1.165, 1.54) is 18.2 Å². The van der Waals surface area contributed by atoms with Crippen molar-refractivity contribution in [2.24, 2.45) is 0 Å². The Morgan fingerprint density at radius 3 is 1.39 bits per heavy atom. The zero-order chi connectivity index (χ0) is 21.5. The summed E-state index contributed by atoms with van der Waals surface area (Å²) in [5.41, 5.74) is 0.697. The second kappa shape index (κ2) is 14.8. The molecule has 0 fully saturated rings. The molecule has 0 saturated heterocycles. The number of hydrogen-bond acceptors (Lipinski definition) is 8. The van der Waals surface area contributed by atoms with Crippen LogP contribution in [0.3, 0.4) is 0 Å². The van der Waals surface area contributed by atoms with Gasteiger partial charge in [-0.15, -0.1) is 0 Å². The van der Waals surface area contributed by atoms with Crippen molar-refractivity contribution in [3.8, 4) is 0 Å². The molecule has 0 aliphatic carbocycles. The van der Waals surface area contributed by atoms with Gasteiger partial charge < -0.3 is 21.8 Å². The van der Waals surface area contributed by atoms with Crippen LogP contribution < -0.4 is 0 Å². The SMILES string of the molecule is CCOC(=O)/C=C(/C)[CH2][Al]([O]/C(C)=C\C(=O)OCC)[O]/C(C)=C\C(=O)OCC. The molecule has 0 bridgehead atoms. The second-order valence-corrected chi connectivity index (χ2v) is 7.36. The van der Waals surface area contributed by atoms with E-state index in [1.807, 2.05) is 0 Å². The first-order chi connectivity index (χ1) is 13.2. The van der Waals surface area contributed by atoms with Crippen molar-refractivity contribution >= 4 is 32.7 Å². The molecule has 0 N–H and O–H groups in total. The highest BCUT2D eigenvalue weighted by Gasteiger charge is 2.33. The molecule has 0 unspecified atom stereocenters. The summed E-state index contributed by atoms with van der Waals surface area (Å²) in [4.78, 5) is 34.7. The maximum absolute atomic E-state index is 11.6. The van der Waals surface area contributed by atoms with Crippen molar-refractivity contribution in [2.45, 2.75) is 46.8 Å². The molecule has 0 aromatic heterocycles. The van der Waals surface area contributed by atoms with E-state index in [9.17, 15) is 14.4 Å². The molecule has 0 heterocycles. The number of allylic oxidation sites excluding steroid dienone is 3. The predicted octanol–water partition coefficient (Wildman–Crippen LogP) is 2.95. The van der Waals surface area contributed by atoms with Crippen LogP contribution in [0.25, 0.3) is 0 Å². The van der Waals surface area contributed by atoms with Gasteiger partial charge in [0.2, 0.25) is 0 Å². The van der Waals surface area contributed by atoms with E-state index in [4.69, 9.17) is 21.8 Å². The first-order valence-corrected chi connectivity index (χ1v) is 10.8. The Morgan fingerprint density at radius 1 is 0.679 bits per heavy atom. The highest BCUT2D eigenvalue weighted by Crippen LogP contribution is 2.15. The third-order valence-corrected chi connectivity index (χ3v) is 5.24. The topological polar surface area (TPSA) is 97.4 Å². The lowest BCUT2D eigenvalue weighted by Crippen LogP contribution is -2.23. The van der Waals surface area contributed by atoms with Crippen LogP contribution in [0.5, 0.6) is 0 Å². The molecule has 156 valence electrons. The predicted molar refractivity (Wildman–Crippen MR) is 104 cm³/mol. The molecule has 0 saturated carbocycles.